The summed E-state index contributed by atoms with van der Waals surface area (Å²) in [5, 5.41) is 11.9. The van der Waals surface area contributed by atoms with Gasteiger partial charge in [0.1, 0.15) is 17.7 Å². The van der Waals surface area contributed by atoms with Gasteiger partial charge >= 0.3 is 0 Å². The number of H-pyrrole nitrogens is 1. The average Bonchev–Trinajstić information content (AvgIpc) is 2.90. The number of anilines is 1. The first kappa shape index (κ1) is 13.9. The maximum atomic E-state index is 13.7. The van der Waals surface area contributed by atoms with Crippen LogP contribution in [0, 0.1) is 28.8 Å². The summed E-state index contributed by atoms with van der Waals surface area (Å²) < 4.78 is 40.9. The fourth-order valence-corrected chi connectivity index (χ4v) is 2.31. The molecule has 0 saturated carbocycles. The first-order valence-corrected chi connectivity index (χ1v) is 6.30. The summed E-state index contributed by atoms with van der Waals surface area (Å²) in [5.74, 6) is -2.24. The third-order valence-electron chi connectivity index (χ3n) is 3.29. The number of rotatable bonds is 2. The Morgan fingerprint density at radius 3 is 2.64 bits per heavy atom. The van der Waals surface area contributed by atoms with Crippen LogP contribution in [0.25, 0.3) is 22.2 Å². The molecular formula is C15H9F3N4. The van der Waals surface area contributed by atoms with E-state index in [0.29, 0.717) is 5.56 Å². The van der Waals surface area contributed by atoms with Crippen LogP contribution in [0.15, 0.2) is 24.4 Å². The highest BCUT2D eigenvalue weighted by atomic mass is 19.1. The molecule has 22 heavy (non-hydrogen) atoms. The van der Waals surface area contributed by atoms with E-state index in [9.17, 15) is 13.2 Å². The van der Waals surface area contributed by atoms with E-state index in [4.69, 9.17) is 5.26 Å². The lowest BCUT2D eigenvalue weighted by molar-refractivity contribution is 0.591. The molecule has 1 aromatic carbocycles. The number of fused-ring (bicyclic) bond motifs is 1. The summed E-state index contributed by atoms with van der Waals surface area (Å²) in [4.78, 5) is 6.72. The zero-order valence-electron chi connectivity index (χ0n) is 11.3. The number of nitriles is 1. The Balaban J connectivity index is 2.35. The number of aromatic nitrogens is 2. The summed E-state index contributed by atoms with van der Waals surface area (Å²) >= 11 is 0. The van der Waals surface area contributed by atoms with Crippen LogP contribution in [0.2, 0.25) is 0 Å². The summed E-state index contributed by atoms with van der Waals surface area (Å²) in [6.45, 7) is 0. The van der Waals surface area contributed by atoms with Gasteiger partial charge in [-0.25, -0.2) is 18.2 Å². The summed E-state index contributed by atoms with van der Waals surface area (Å²) in [7, 11) is 1.48. The molecule has 2 heterocycles. The van der Waals surface area contributed by atoms with Gasteiger partial charge in [-0.2, -0.15) is 5.26 Å². The van der Waals surface area contributed by atoms with Gasteiger partial charge in [-0.05, 0) is 12.1 Å². The quantitative estimate of drug-likeness (QED) is 0.760. The molecular weight excluding hydrogens is 293 g/mol. The van der Waals surface area contributed by atoms with Gasteiger partial charge in [0.05, 0.1) is 16.8 Å². The Morgan fingerprint density at radius 2 is 1.95 bits per heavy atom. The highest BCUT2D eigenvalue weighted by Gasteiger charge is 2.18. The van der Waals surface area contributed by atoms with E-state index in [1.54, 1.807) is 0 Å². The maximum Gasteiger partial charge on any atom is 0.166 e. The van der Waals surface area contributed by atoms with Crippen LogP contribution >= 0.6 is 0 Å². The van der Waals surface area contributed by atoms with Crippen molar-refractivity contribution in [1.29, 1.82) is 5.26 Å². The molecule has 0 unspecified atom stereocenters. The molecule has 110 valence electrons. The van der Waals surface area contributed by atoms with Gasteiger partial charge in [-0.1, -0.05) is 0 Å². The lowest BCUT2D eigenvalue weighted by Crippen LogP contribution is -2.00. The first-order chi connectivity index (χ1) is 10.5. The van der Waals surface area contributed by atoms with E-state index in [1.165, 1.54) is 13.2 Å². The fraction of sp³-hybridized carbons (Fsp3) is 0.0667. The number of pyridine rings is 1. The van der Waals surface area contributed by atoms with Crippen molar-refractivity contribution in [1.82, 2.24) is 9.97 Å². The molecule has 7 heteroatoms. The number of nitrogens with one attached hydrogen (secondary N) is 2. The molecule has 4 nitrogen and oxygen atoms in total. The SMILES string of the molecule is CNc1nc(-c2c[nH]c3c(F)cc(F)cc23)c(C#N)cc1F. The smallest absolute Gasteiger partial charge is 0.166 e. The summed E-state index contributed by atoms with van der Waals surface area (Å²) in [6.07, 6.45) is 1.41. The van der Waals surface area contributed by atoms with Crippen LogP contribution in [0.3, 0.4) is 0 Å². The Kier molecular flexibility index (Phi) is 3.22. The molecule has 2 aromatic heterocycles. The molecule has 0 radical (unpaired) electrons. The predicted molar refractivity (Wildman–Crippen MR) is 75.7 cm³/mol. The van der Waals surface area contributed by atoms with Crippen LogP contribution in [-0.2, 0) is 0 Å². The third kappa shape index (κ3) is 2.05. The van der Waals surface area contributed by atoms with Crippen LogP contribution < -0.4 is 5.32 Å². The maximum absolute atomic E-state index is 13.7. The van der Waals surface area contributed by atoms with Gasteiger partial charge < -0.3 is 10.3 Å². The standard InChI is InChI=1S/C15H9F3N4/c1-20-15-12(18)2-7(5-19)13(22-15)10-6-21-14-9(10)3-8(16)4-11(14)17/h2-4,6,21H,1H3,(H,20,22). The van der Waals surface area contributed by atoms with Crippen molar-refractivity contribution < 1.29 is 13.2 Å². The summed E-state index contributed by atoms with van der Waals surface area (Å²) in [5.41, 5.74) is 0.533. The van der Waals surface area contributed by atoms with Crippen molar-refractivity contribution in [2.45, 2.75) is 0 Å². The monoisotopic (exact) mass is 302 g/mol. The van der Waals surface area contributed by atoms with Gasteiger partial charge in [0, 0.05) is 30.3 Å². The minimum absolute atomic E-state index is 0.0259. The van der Waals surface area contributed by atoms with E-state index in [2.05, 4.69) is 15.3 Å². The van der Waals surface area contributed by atoms with Crippen molar-refractivity contribution in [2.24, 2.45) is 0 Å². The first-order valence-electron chi connectivity index (χ1n) is 6.30. The molecule has 0 aliphatic rings. The number of hydrogen-bond donors (Lipinski definition) is 2. The molecule has 0 spiro atoms. The fourth-order valence-electron chi connectivity index (χ4n) is 2.31. The number of nitrogens with zero attached hydrogens (tertiary/aromatic N) is 2. The molecule has 0 fully saturated rings. The molecule has 0 aliphatic heterocycles. The van der Waals surface area contributed by atoms with Crippen LogP contribution in [0.5, 0.6) is 0 Å². The third-order valence-corrected chi connectivity index (χ3v) is 3.29. The van der Waals surface area contributed by atoms with Crippen molar-refractivity contribution in [3.8, 4) is 17.3 Å². The van der Waals surface area contributed by atoms with Gasteiger partial charge in [-0.15, -0.1) is 0 Å². The summed E-state index contributed by atoms with van der Waals surface area (Å²) in [6, 6.07) is 4.76. The number of aromatic amines is 1. The molecule has 0 bridgehead atoms. The zero-order valence-corrected chi connectivity index (χ0v) is 11.3. The Bertz CT molecular complexity index is 925. The minimum atomic E-state index is -0.754. The number of benzene rings is 1. The molecule has 3 aromatic rings. The Morgan fingerprint density at radius 1 is 1.18 bits per heavy atom. The molecule has 0 saturated heterocycles. The Hall–Kier alpha value is -3.01. The highest BCUT2D eigenvalue weighted by Crippen LogP contribution is 2.32. The average molecular weight is 302 g/mol. The van der Waals surface area contributed by atoms with E-state index < -0.39 is 17.5 Å². The molecule has 3 rings (SSSR count). The lowest BCUT2D eigenvalue weighted by atomic mass is 10.0. The largest absolute Gasteiger partial charge is 0.371 e. The van der Waals surface area contributed by atoms with Crippen molar-refractivity contribution in [2.75, 3.05) is 12.4 Å². The van der Waals surface area contributed by atoms with Crippen molar-refractivity contribution >= 4 is 16.7 Å². The van der Waals surface area contributed by atoms with Gasteiger partial charge in [0.2, 0.25) is 0 Å². The molecule has 0 amide bonds. The second-order valence-electron chi connectivity index (χ2n) is 4.59. The van der Waals surface area contributed by atoms with E-state index in [-0.39, 0.29) is 28.0 Å². The highest BCUT2D eigenvalue weighted by molar-refractivity contribution is 5.96. The number of halogens is 3. The normalized spacial score (nSPS) is 10.7. The van der Waals surface area contributed by atoms with Gasteiger partial charge in [0.25, 0.3) is 0 Å². The van der Waals surface area contributed by atoms with Crippen LogP contribution in [0.4, 0.5) is 19.0 Å². The molecule has 0 aliphatic carbocycles. The number of hydrogen-bond acceptors (Lipinski definition) is 3. The topological polar surface area (TPSA) is 64.5 Å². The Labute approximate surface area is 123 Å². The van der Waals surface area contributed by atoms with E-state index >= 15 is 0 Å². The van der Waals surface area contributed by atoms with E-state index in [1.807, 2.05) is 6.07 Å². The minimum Gasteiger partial charge on any atom is -0.371 e. The van der Waals surface area contributed by atoms with Crippen LogP contribution in [-0.4, -0.2) is 17.0 Å². The molecule has 0 atom stereocenters. The van der Waals surface area contributed by atoms with Crippen molar-refractivity contribution in [3.63, 3.8) is 0 Å². The van der Waals surface area contributed by atoms with Crippen molar-refractivity contribution in [3.05, 3.63) is 47.4 Å². The van der Waals surface area contributed by atoms with Gasteiger partial charge in [0.15, 0.2) is 11.6 Å². The lowest BCUT2D eigenvalue weighted by Gasteiger charge is -2.07. The zero-order chi connectivity index (χ0) is 15.9. The predicted octanol–water partition coefficient (Wildman–Crippen LogP) is 3.56. The second kappa shape index (κ2) is 5.07. The van der Waals surface area contributed by atoms with Crippen LogP contribution in [0.1, 0.15) is 5.56 Å². The molecule has 2 N–H and O–H groups in total. The van der Waals surface area contributed by atoms with E-state index in [0.717, 1.165) is 18.2 Å². The van der Waals surface area contributed by atoms with Gasteiger partial charge in [-0.3, -0.25) is 0 Å². The second-order valence-corrected chi connectivity index (χ2v) is 4.59.